The molecule has 0 saturated heterocycles. The highest BCUT2D eigenvalue weighted by Crippen LogP contribution is 2.02. The Bertz CT molecular complexity index is 601. The smallest absolute Gasteiger partial charge is 0.342 e. The van der Waals surface area contributed by atoms with E-state index in [9.17, 15) is 9.59 Å². The summed E-state index contributed by atoms with van der Waals surface area (Å²) in [7, 11) is 0. The first-order chi connectivity index (χ1) is 7.11. The van der Waals surface area contributed by atoms with Crippen molar-refractivity contribution < 1.29 is 9.90 Å². The summed E-state index contributed by atoms with van der Waals surface area (Å²) in [4.78, 5) is 26.4. The fourth-order valence-electron chi connectivity index (χ4n) is 1.42. The number of rotatable bonds is 1. The maximum atomic E-state index is 11.7. The van der Waals surface area contributed by atoms with Gasteiger partial charge in [0, 0.05) is 11.9 Å². The van der Waals surface area contributed by atoms with Crippen LogP contribution >= 0.6 is 0 Å². The molecular weight excluding hydrogens is 196 g/mol. The average Bonchev–Trinajstić information content (AvgIpc) is 2.17. The number of fused-ring (bicyclic) bond motifs is 1. The first kappa shape index (κ1) is 9.39. The molecule has 0 aliphatic carbocycles. The van der Waals surface area contributed by atoms with Gasteiger partial charge in [-0.25, -0.2) is 9.78 Å². The Hall–Kier alpha value is -2.17. The molecule has 76 valence electrons. The van der Waals surface area contributed by atoms with Crippen molar-refractivity contribution in [1.82, 2.24) is 9.38 Å². The number of aromatic carboxylic acids is 1. The number of nitrogens with zero attached hydrogens (tertiary/aromatic N) is 2. The lowest BCUT2D eigenvalue weighted by atomic mass is 10.3. The highest BCUT2D eigenvalue weighted by Gasteiger charge is 2.11. The SMILES string of the molecule is Cc1cccc2ncc(C(=O)O)c(=O)n12. The van der Waals surface area contributed by atoms with Gasteiger partial charge in [0.15, 0.2) is 0 Å². The Morgan fingerprint density at radius 2 is 2.20 bits per heavy atom. The average molecular weight is 204 g/mol. The van der Waals surface area contributed by atoms with Crippen molar-refractivity contribution in [3.63, 3.8) is 0 Å². The van der Waals surface area contributed by atoms with E-state index in [1.165, 1.54) is 4.40 Å². The van der Waals surface area contributed by atoms with E-state index in [1.807, 2.05) is 0 Å². The van der Waals surface area contributed by atoms with E-state index < -0.39 is 11.5 Å². The maximum Gasteiger partial charge on any atom is 0.342 e. The minimum atomic E-state index is -1.26. The largest absolute Gasteiger partial charge is 0.477 e. The van der Waals surface area contributed by atoms with Crippen molar-refractivity contribution in [1.29, 1.82) is 0 Å². The number of carbonyl (C=O) groups is 1. The van der Waals surface area contributed by atoms with E-state index in [-0.39, 0.29) is 5.56 Å². The fourth-order valence-corrected chi connectivity index (χ4v) is 1.42. The molecule has 0 spiro atoms. The highest BCUT2D eigenvalue weighted by molar-refractivity contribution is 5.86. The second-order valence-electron chi connectivity index (χ2n) is 3.14. The van der Waals surface area contributed by atoms with Gasteiger partial charge >= 0.3 is 5.97 Å². The molecule has 0 bridgehead atoms. The third-order valence-corrected chi connectivity index (χ3v) is 2.15. The van der Waals surface area contributed by atoms with Gasteiger partial charge in [-0.15, -0.1) is 0 Å². The molecule has 0 aliphatic heterocycles. The van der Waals surface area contributed by atoms with Gasteiger partial charge in [-0.2, -0.15) is 0 Å². The third kappa shape index (κ3) is 1.38. The summed E-state index contributed by atoms with van der Waals surface area (Å²) in [6, 6.07) is 5.14. The zero-order valence-corrected chi connectivity index (χ0v) is 7.97. The van der Waals surface area contributed by atoms with Gasteiger partial charge in [-0.3, -0.25) is 9.20 Å². The minimum absolute atomic E-state index is 0.318. The van der Waals surface area contributed by atoms with Crippen LogP contribution in [0.5, 0.6) is 0 Å². The molecule has 0 saturated carbocycles. The van der Waals surface area contributed by atoms with Crippen LogP contribution in [0.15, 0.2) is 29.2 Å². The van der Waals surface area contributed by atoms with E-state index >= 15 is 0 Å². The summed E-state index contributed by atoms with van der Waals surface area (Å²) >= 11 is 0. The number of pyridine rings is 1. The minimum Gasteiger partial charge on any atom is -0.477 e. The zero-order chi connectivity index (χ0) is 11.0. The van der Waals surface area contributed by atoms with Gasteiger partial charge in [0.1, 0.15) is 11.2 Å². The zero-order valence-electron chi connectivity index (χ0n) is 7.97. The third-order valence-electron chi connectivity index (χ3n) is 2.15. The van der Waals surface area contributed by atoms with Crippen LogP contribution in [0.3, 0.4) is 0 Å². The van der Waals surface area contributed by atoms with Crippen molar-refractivity contribution in [2.24, 2.45) is 0 Å². The summed E-state index contributed by atoms with van der Waals surface area (Å²) in [5.74, 6) is -1.26. The Balaban J connectivity index is 2.96. The monoisotopic (exact) mass is 204 g/mol. The second kappa shape index (κ2) is 3.20. The molecule has 5 heteroatoms. The molecule has 1 N–H and O–H groups in total. The van der Waals surface area contributed by atoms with Crippen LogP contribution in [0.25, 0.3) is 5.65 Å². The van der Waals surface area contributed by atoms with E-state index in [0.717, 1.165) is 6.20 Å². The predicted molar refractivity (Wildman–Crippen MR) is 53.2 cm³/mol. The van der Waals surface area contributed by atoms with Crippen LogP contribution in [-0.4, -0.2) is 20.5 Å². The number of carboxylic acid groups (broad SMARTS) is 1. The standard InChI is InChI=1S/C10H8N2O3/c1-6-3-2-4-8-11-5-7(10(14)15)9(13)12(6)8/h2-5H,1H3,(H,14,15). The summed E-state index contributed by atoms with van der Waals surface area (Å²) in [5.41, 5.74) is 0.241. The summed E-state index contributed by atoms with van der Waals surface area (Å²) in [6.45, 7) is 1.72. The molecule has 2 aromatic heterocycles. The molecule has 0 aromatic carbocycles. The molecule has 15 heavy (non-hydrogen) atoms. The predicted octanol–water partition coefficient (Wildman–Crippen LogP) is 0.701. The quantitative estimate of drug-likeness (QED) is 0.742. The first-order valence-corrected chi connectivity index (χ1v) is 4.32. The molecular formula is C10H8N2O3. The van der Waals surface area contributed by atoms with E-state index in [4.69, 9.17) is 5.11 Å². The maximum absolute atomic E-state index is 11.7. The molecule has 5 nitrogen and oxygen atoms in total. The Morgan fingerprint density at radius 3 is 2.87 bits per heavy atom. The van der Waals surface area contributed by atoms with Crippen molar-refractivity contribution in [3.05, 3.63) is 46.0 Å². The number of aromatic nitrogens is 2. The molecule has 0 unspecified atom stereocenters. The molecule has 0 aliphatic rings. The topological polar surface area (TPSA) is 71.7 Å². The van der Waals surface area contributed by atoms with Crippen molar-refractivity contribution in [2.45, 2.75) is 6.92 Å². The first-order valence-electron chi connectivity index (χ1n) is 4.32. The van der Waals surface area contributed by atoms with Gasteiger partial charge in [-0.1, -0.05) is 6.07 Å². The van der Waals surface area contributed by atoms with Crippen LogP contribution in [0, 0.1) is 6.92 Å². The molecule has 0 radical (unpaired) electrons. The second-order valence-corrected chi connectivity index (χ2v) is 3.14. The van der Waals surface area contributed by atoms with Crippen LogP contribution in [0.2, 0.25) is 0 Å². The molecule has 2 rings (SSSR count). The van der Waals surface area contributed by atoms with E-state index in [1.54, 1.807) is 25.1 Å². The Labute approximate surface area is 84.6 Å². The highest BCUT2D eigenvalue weighted by atomic mass is 16.4. The van der Waals surface area contributed by atoms with Crippen LogP contribution < -0.4 is 5.56 Å². The molecule has 2 aromatic rings. The molecule has 0 amide bonds. The Morgan fingerprint density at radius 1 is 1.47 bits per heavy atom. The van der Waals surface area contributed by atoms with Gasteiger partial charge in [0.2, 0.25) is 0 Å². The lowest BCUT2D eigenvalue weighted by Gasteiger charge is -2.03. The van der Waals surface area contributed by atoms with E-state index in [2.05, 4.69) is 4.98 Å². The summed E-state index contributed by atoms with van der Waals surface area (Å²) in [5, 5.41) is 8.76. The summed E-state index contributed by atoms with van der Waals surface area (Å²) < 4.78 is 1.28. The normalized spacial score (nSPS) is 10.5. The van der Waals surface area contributed by atoms with Crippen molar-refractivity contribution in [3.8, 4) is 0 Å². The molecule has 0 atom stereocenters. The lowest BCUT2D eigenvalue weighted by Crippen LogP contribution is -2.24. The number of aryl methyl sites for hydroxylation is 1. The van der Waals surface area contributed by atoms with Gasteiger partial charge in [0.05, 0.1) is 0 Å². The van der Waals surface area contributed by atoms with Crippen LogP contribution in [0.1, 0.15) is 16.1 Å². The number of hydrogen-bond donors (Lipinski definition) is 1. The van der Waals surface area contributed by atoms with Gasteiger partial charge < -0.3 is 5.11 Å². The number of carboxylic acids is 1. The van der Waals surface area contributed by atoms with E-state index in [0.29, 0.717) is 11.3 Å². The van der Waals surface area contributed by atoms with Crippen LogP contribution in [0.4, 0.5) is 0 Å². The molecule has 0 fully saturated rings. The summed E-state index contributed by atoms with van der Waals surface area (Å²) in [6.07, 6.45) is 1.08. The van der Waals surface area contributed by atoms with Gasteiger partial charge in [0.25, 0.3) is 5.56 Å². The van der Waals surface area contributed by atoms with Crippen molar-refractivity contribution in [2.75, 3.05) is 0 Å². The number of hydrogen-bond acceptors (Lipinski definition) is 3. The van der Waals surface area contributed by atoms with Crippen LogP contribution in [-0.2, 0) is 0 Å². The Kier molecular flexibility index (Phi) is 2.00. The lowest BCUT2D eigenvalue weighted by molar-refractivity contribution is 0.0694. The van der Waals surface area contributed by atoms with Gasteiger partial charge in [-0.05, 0) is 19.1 Å². The fraction of sp³-hybridized carbons (Fsp3) is 0.100. The molecule has 2 heterocycles. The van der Waals surface area contributed by atoms with Crippen molar-refractivity contribution >= 4 is 11.6 Å².